The second kappa shape index (κ2) is 7.40. The van der Waals surface area contributed by atoms with Gasteiger partial charge in [0.1, 0.15) is 5.75 Å². The maximum atomic E-state index is 12.1. The highest BCUT2D eigenvalue weighted by Gasteiger charge is 2.08. The molecule has 5 heteroatoms. The molecule has 0 heterocycles. The summed E-state index contributed by atoms with van der Waals surface area (Å²) in [5.74, 6) is 0.503. The summed E-state index contributed by atoms with van der Waals surface area (Å²) in [4.78, 5) is 12.1. The second-order valence-corrected chi connectivity index (χ2v) is 6.02. The third kappa shape index (κ3) is 4.07. The van der Waals surface area contributed by atoms with E-state index in [9.17, 15) is 4.79 Å². The average Bonchev–Trinajstić information content (AvgIpc) is 2.52. The number of methoxy groups -OCH3 is 1. The Morgan fingerprint density at radius 2 is 1.77 bits per heavy atom. The van der Waals surface area contributed by atoms with E-state index < -0.39 is 0 Å². The van der Waals surface area contributed by atoms with E-state index in [1.165, 1.54) is 5.56 Å². The minimum atomic E-state index is -0.243. The molecule has 0 bridgehead atoms. The third-order valence-corrected chi connectivity index (χ3v) is 4.05. The summed E-state index contributed by atoms with van der Waals surface area (Å²) in [6.45, 7) is 3.89. The third-order valence-electron chi connectivity index (χ3n) is 3.21. The number of nitrogens with one attached hydrogen (secondary N) is 1. The number of aryl methyl sites for hydroxylation is 1. The van der Waals surface area contributed by atoms with Crippen LogP contribution in [0.4, 0.5) is 0 Å². The van der Waals surface area contributed by atoms with Gasteiger partial charge in [-0.1, -0.05) is 29.8 Å². The highest BCUT2D eigenvalue weighted by atomic mass is 127. The minimum absolute atomic E-state index is 0.243. The fourth-order valence-corrected chi connectivity index (χ4v) is 2.60. The summed E-state index contributed by atoms with van der Waals surface area (Å²) in [6.07, 6.45) is 0. The van der Waals surface area contributed by atoms with Crippen molar-refractivity contribution in [2.45, 2.75) is 13.8 Å². The van der Waals surface area contributed by atoms with Crippen LogP contribution in [-0.4, -0.2) is 18.7 Å². The lowest BCUT2D eigenvalue weighted by atomic mass is 10.1. The number of carbonyl (C=O) groups is 1. The van der Waals surface area contributed by atoms with Gasteiger partial charge in [0.15, 0.2) is 0 Å². The molecule has 4 nitrogen and oxygen atoms in total. The van der Waals surface area contributed by atoms with Gasteiger partial charge in [-0.15, -0.1) is 0 Å². The summed E-state index contributed by atoms with van der Waals surface area (Å²) in [5.41, 5.74) is 6.06. The average molecular weight is 408 g/mol. The monoisotopic (exact) mass is 408 g/mol. The molecule has 0 saturated carbocycles. The van der Waals surface area contributed by atoms with Crippen molar-refractivity contribution < 1.29 is 9.53 Å². The maximum absolute atomic E-state index is 12.1. The van der Waals surface area contributed by atoms with Crippen LogP contribution in [0.2, 0.25) is 0 Å². The van der Waals surface area contributed by atoms with Crippen molar-refractivity contribution in [2.75, 3.05) is 7.11 Å². The lowest BCUT2D eigenvalue weighted by Gasteiger charge is -2.06. The molecular formula is C17H17IN2O2. The highest BCUT2D eigenvalue weighted by molar-refractivity contribution is 14.1. The fourth-order valence-electron chi connectivity index (χ4n) is 1.87. The van der Waals surface area contributed by atoms with E-state index in [-0.39, 0.29) is 5.91 Å². The SMILES string of the molecule is COc1ccc(C(=O)NN=C(C)c2ccc(C)cc2)cc1I. The van der Waals surface area contributed by atoms with E-state index in [0.717, 1.165) is 20.6 Å². The largest absolute Gasteiger partial charge is 0.496 e. The first-order valence-electron chi connectivity index (χ1n) is 6.76. The molecule has 0 saturated heterocycles. The molecule has 1 N–H and O–H groups in total. The van der Waals surface area contributed by atoms with Crippen LogP contribution in [0.25, 0.3) is 0 Å². The molecule has 0 spiro atoms. The Kier molecular flexibility index (Phi) is 5.54. The Morgan fingerprint density at radius 1 is 1.14 bits per heavy atom. The van der Waals surface area contributed by atoms with Crippen LogP contribution in [0.5, 0.6) is 5.75 Å². The number of hydrazone groups is 1. The normalized spacial score (nSPS) is 11.2. The molecule has 0 aromatic heterocycles. The highest BCUT2D eigenvalue weighted by Crippen LogP contribution is 2.21. The number of benzene rings is 2. The first-order chi connectivity index (χ1) is 10.5. The molecule has 0 fully saturated rings. The van der Waals surface area contributed by atoms with Crippen LogP contribution >= 0.6 is 22.6 Å². The van der Waals surface area contributed by atoms with Crippen LogP contribution in [0.1, 0.15) is 28.4 Å². The van der Waals surface area contributed by atoms with Crippen LogP contribution in [0.3, 0.4) is 0 Å². The molecule has 0 aliphatic rings. The lowest BCUT2D eigenvalue weighted by molar-refractivity contribution is 0.0954. The molecule has 0 atom stereocenters. The number of hydrogen-bond donors (Lipinski definition) is 1. The minimum Gasteiger partial charge on any atom is -0.496 e. The smallest absolute Gasteiger partial charge is 0.271 e. The number of rotatable bonds is 4. The van der Waals surface area contributed by atoms with Gasteiger partial charge in [-0.2, -0.15) is 5.10 Å². The summed E-state index contributed by atoms with van der Waals surface area (Å²) in [5, 5.41) is 4.16. The van der Waals surface area contributed by atoms with E-state index in [1.807, 2.05) is 38.1 Å². The van der Waals surface area contributed by atoms with Crippen molar-refractivity contribution in [3.05, 3.63) is 62.7 Å². The van der Waals surface area contributed by atoms with Gasteiger partial charge < -0.3 is 4.74 Å². The Bertz CT molecular complexity index is 709. The second-order valence-electron chi connectivity index (χ2n) is 4.85. The van der Waals surface area contributed by atoms with Crippen LogP contribution in [-0.2, 0) is 0 Å². The quantitative estimate of drug-likeness (QED) is 0.476. The Balaban J connectivity index is 2.10. The van der Waals surface area contributed by atoms with Gasteiger partial charge >= 0.3 is 0 Å². The lowest BCUT2D eigenvalue weighted by Crippen LogP contribution is -2.19. The number of amides is 1. The van der Waals surface area contributed by atoms with E-state index in [2.05, 4.69) is 33.1 Å². The molecule has 2 rings (SSSR count). The van der Waals surface area contributed by atoms with Gasteiger partial charge in [0.25, 0.3) is 5.91 Å². The van der Waals surface area contributed by atoms with Crippen molar-refractivity contribution in [1.82, 2.24) is 5.43 Å². The predicted molar refractivity (Wildman–Crippen MR) is 96.6 cm³/mol. The van der Waals surface area contributed by atoms with Crippen LogP contribution < -0.4 is 10.2 Å². The summed E-state index contributed by atoms with van der Waals surface area (Å²) in [6, 6.07) is 13.3. The molecule has 0 radical (unpaired) electrons. The first-order valence-corrected chi connectivity index (χ1v) is 7.84. The van der Waals surface area contributed by atoms with Crippen molar-refractivity contribution in [1.29, 1.82) is 0 Å². The molecule has 0 aliphatic carbocycles. The molecule has 1 amide bonds. The topological polar surface area (TPSA) is 50.7 Å². The van der Waals surface area contributed by atoms with Crippen molar-refractivity contribution in [3.63, 3.8) is 0 Å². The predicted octanol–water partition coefficient (Wildman–Crippen LogP) is 3.76. The van der Waals surface area contributed by atoms with Gasteiger partial charge in [-0.25, -0.2) is 5.43 Å². The number of halogens is 1. The standard InChI is InChI=1S/C17H17IN2O2/c1-11-4-6-13(7-5-11)12(2)19-20-17(21)14-8-9-16(22-3)15(18)10-14/h4-10H,1-3H3,(H,20,21). The van der Waals surface area contributed by atoms with Gasteiger partial charge in [-0.3, -0.25) is 4.79 Å². The van der Waals surface area contributed by atoms with Gasteiger partial charge in [-0.05, 0) is 60.2 Å². The number of nitrogens with zero attached hydrogens (tertiary/aromatic N) is 1. The zero-order valence-corrected chi connectivity index (χ0v) is 14.8. The van der Waals surface area contributed by atoms with Crippen molar-refractivity contribution >= 4 is 34.2 Å². The molecule has 0 unspecified atom stereocenters. The van der Waals surface area contributed by atoms with Gasteiger partial charge in [0.05, 0.1) is 16.4 Å². The molecule has 114 valence electrons. The Hall–Kier alpha value is -1.89. The number of ether oxygens (including phenoxy) is 1. The molecule has 22 heavy (non-hydrogen) atoms. The fraction of sp³-hybridized carbons (Fsp3) is 0.176. The van der Waals surface area contributed by atoms with Gasteiger partial charge in [0, 0.05) is 5.56 Å². The van der Waals surface area contributed by atoms with E-state index >= 15 is 0 Å². The first kappa shape index (κ1) is 16.5. The zero-order valence-electron chi connectivity index (χ0n) is 12.7. The summed E-state index contributed by atoms with van der Waals surface area (Å²) >= 11 is 2.13. The van der Waals surface area contributed by atoms with E-state index in [0.29, 0.717) is 5.56 Å². The molecule has 0 aliphatic heterocycles. The zero-order chi connectivity index (χ0) is 16.1. The van der Waals surface area contributed by atoms with Crippen molar-refractivity contribution in [2.24, 2.45) is 5.10 Å². The summed E-state index contributed by atoms with van der Waals surface area (Å²) in [7, 11) is 1.60. The van der Waals surface area contributed by atoms with E-state index in [4.69, 9.17) is 4.74 Å². The van der Waals surface area contributed by atoms with Crippen LogP contribution in [0, 0.1) is 10.5 Å². The van der Waals surface area contributed by atoms with Crippen LogP contribution in [0.15, 0.2) is 47.6 Å². The molecular weight excluding hydrogens is 391 g/mol. The summed E-state index contributed by atoms with van der Waals surface area (Å²) < 4.78 is 6.06. The van der Waals surface area contributed by atoms with Gasteiger partial charge in [0.2, 0.25) is 0 Å². The molecule has 2 aromatic rings. The Morgan fingerprint density at radius 3 is 2.36 bits per heavy atom. The number of carbonyl (C=O) groups excluding carboxylic acids is 1. The number of hydrogen-bond acceptors (Lipinski definition) is 3. The maximum Gasteiger partial charge on any atom is 0.271 e. The molecule has 2 aromatic carbocycles. The Labute approximate surface area is 143 Å². The van der Waals surface area contributed by atoms with Crippen molar-refractivity contribution in [3.8, 4) is 5.75 Å². The van der Waals surface area contributed by atoms with E-state index in [1.54, 1.807) is 25.3 Å².